The highest BCUT2D eigenvalue weighted by molar-refractivity contribution is 7.88. The smallest absolute Gasteiger partial charge is 0.322 e. The minimum atomic E-state index is -5.09. The van der Waals surface area contributed by atoms with E-state index in [1.54, 1.807) is 0 Å². The van der Waals surface area contributed by atoms with Gasteiger partial charge in [0.2, 0.25) is 10.0 Å². The van der Waals surface area contributed by atoms with Crippen LogP contribution in [0.3, 0.4) is 0 Å². The normalized spacial score (nSPS) is 12.7. The first-order valence-electron chi connectivity index (χ1n) is 7.35. The van der Waals surface area contributed by atoms with Gasteiger partial charge in [-0.15, -0.1) is 0 Å². The number of alkyl halides is 6. The second kappa shape index (κ2) is 7.43. The van der Waals surface area contributed by atoms with Crippen LogP contribution in [-0.2, 0) is 28.1 Å². The Bertz CT molecular complexity index is 968. The van der Waals surface area contributed by atoms with Crippen molar-refractivity contribution in [2.75, 3.05) is 5.32 Å². The number of primary sulfonamides is 1. The Hall–Kier alpha value is -2.60. The Balaban J connectivity index is 2.38. The lowest BCUT2D eigenvalue weighted by molar-refractivity contribution is -0.143. The third kappa shape index (κ3) is 5.96. The van der Waals surface area contributed by atoms with Gasteiger partial charge in [0.05, 0.1) is 16.9 Å². The van der Waals surface area contributed by atoms with E-state index in [0.29, 0.717) is 12.1 Å². The number of nitrogens with two attached hydrogens (primary N) is 1. The first kappa shape index (κ1) is 21.7. The number of benzene rings is 2. The van der Waals surface area contributed by atoms with Crippen LogP contribution in [0.2, 0.25) is 0 Å². The number of anilines is 1. The third-order valence-electron chi connectivity index (χ3n) is 3.40. The Morgan fingerprint density at radius 1 is 0.929 bits per heavy atom. The summed E-state index contributed by atoms with van der Waals surface area (Å²) in [7, 11) is -3.88. The lowest BCUT2D eigenvalue weighted by Crippen LogP contribution is -2.17. The first-order chi connectivity index (χ1) is 12.6. The molecule has 0 fully saturated rings. The molecule has 0 aliphatic carbocycles. The molecule has 152 valence electrons. The van der Waals surface area contributed by atoms with Crippen molar-refractivity contribution in [1.29, 1.82) is 0 Å². The van der Waals surface area contributed by atoms with Crippen LogP contribution in [0.15, 0.2) is 42.5 Å². The van der Waals surface area contributed by atoms with Crippen molar-refractivity contribution in [1.82, 2.24) is 0 Å². The number of amides is 1. The van der Waals surface area contributed by atoms with Crippen LogP contribution in [-0.4, -0.2) is 14.3 Å². The van der Waals surface area contributed by atoms with Crippen molar-refractivity contribution in [2.24, 2.45) is 5.14 Å². The van der Waals surface area contributed by atoms with Gasteiger partial charge in [-0.1, -0.05) is 12.1 Å². The molecule has 3 N–H and O–H groups in total. The molecular weight excluding hydrogens is 414 g/mol. The van der Waals surface area contributed by atoms with Crippen molar-refractivity contribution < 1.29 is 39.6 Å². The number of sulfonamides is 1. The second-order valence-electron chi connectivity index (χ2n) is 5.76. The molecule has 2 aromatic carbocycles. The molecule has 0 aliphatic rings. The number of carbonyl (C=O) groups is 1. The molecule has 0 atom stereocenters. The fourth-order valence-electron chi connectivity index (χ4n) is 2.26. The molecule has 0 saturated carbocycles. The summed E-state index contributed by atoms with van der Waals surface area (Å²) in [6, 6.07) is 5.65. The molecular formula is C16H12F6N2O3S. The van der Waals surface area contributed by atoms with E-state index in [9.17, 15) is 39.6 Å². The number of hydrogen-bond donors (Lipinski definition) is 2. The molecule has 1 amide bonds. The van der Waals surface area contributed by atoms with Crippen molar-refractivity contribution in [3.63, 3.8) is 0 Å². The monoisotopic (exact) mass is 426 g/mol. The van der Waals surface area contributed by atoms with E-state index in [2.05, 4.69) is 5.32 Å². The summed E-state index contributed by atoms with van der Waals surface area (Å²) in [6.07, 6.45) is -10.2. The number of halogens is 6. The summed E-state index contributed by atoms with van der Waals surface area (Å²) in [5.74, 6) is -1.80. The van der Waals surface area contributed by atoms with Crippen molar-refractivity contribution in [2.45, 2.75) is 18.1 Å². The molecule has 0 radical (unpaired) electrons. The fourth-order valence-corrected chi connectivity index (χ4v) is 2.90. The van der Waals surface area contributed by atoms with E-state index in [1.807, 2.05) is 0 Å². The maximum absolute atomic E-state index is 12.9. The summed E-state index contributed by atoms with van der Waals surface area (Å²) >= 11 is 0. The first-order valence-corrected chi connectivity index (χ1v) is 9.07. The van der Waals surface area contributed by atoms with Gasteiger partial charge in [-0.05, 0) is 35.9 Å². The van der Waals surface area contributed by atoms with E-state index in [-0.39, 0.29) is 17.3 Å². The maximum atomic E-state index is 12.9. The number of nitrogens with one attached hydrogen (secondary N) is 1. The van der Waals surface area contributed by atoms with Crippen LogP contribution in [0, 0.1) is 0 Å². The van der Waals surface area contributed by atoms with Crippen molar-refractivity contribution in [3.8, 4) is 0 Å². The zero-order chi connectivity index (χ0) is 21.3. The molecule has 0 bridgehead atoms. The van der Waals surface area contributed by atoms with Gasteiger partial charge >= 0.3 is 12.4 Å². The van der Waals surface area contributed by atoms with Gasteiger partial charge in [-0.3, -0.25) is 4.79 Å². The molecule has 28 heavy (non-hydrogen) atoms. The van der Waals surface area contributed by atoms with Gasteiger partial charge in [-0.2, -0.15) is 26.3 Å². The summed E-state index contributed by atoms with van der Waals surface area (Å²) in [6.45, 7) is 0. The van der Waals surface area contributed by atoms with Crippen LogP contribution in [0.5, 0.6) is 0 Å². The molecule has 0 aromatic heterocycles. The van der Waals surface area contributed by atoms with Gasteiger partial charge in [0, 0.05) is 11.3 Å². The highest BCUT2D eigenvalue weighted by Gasteiger charge is 2.37. The largest absolute Gasteiger partial charge is 0.416 e. The standard InChI is InChI=1S/C16H12F6N2O3S/c17-15(18,19)11-5-10(6-12(7-11)16(20,21)22)14(25)24-13-3-1-2-9(4-13)8-28(23,26)27/h1-7H,8H2,(H,24,25)(H2,23,26,27). The van der Waals surface area contributed by atoms with E-state index in [4.69, 9.17) is 5.14 Å². The molecule has 0 unspecified atom stereocenters. The molecule has 5 nitrogen and oxygen atoms in total. The summed E-state index contributed by atoms with van der Waals surface area (Å²) in [4.78, 5) is 12.2. The summed E-state index contributed by atoms with van der Waals surface area (Å²) < 4.78 is 99.4. The topological polar surface area (TPSA) is 89.3 Å². The molecule has 0 heterocycles. The van der Waals surface area contributed by atoms with E-state index in [1.165, 1.54) is 24.3 Å². The number of carbonyl (C=O) groups excluding carboxylic acids is 1. The van der Waals surface area contributed by atoms with Gasteiger partial charge < -0.3 is 5.32 Å². The predicted octanol–water partition coefficient (Wildman–Crippen LogP) is 3.77. The minimum Gasteiger partial charge on any atom is -0.322 e. The average molecular weight is 426 g/mol. The van der Waals surface area contributed by atoms with Crippen molar-refractivity contribution >= 4 is 21.6 Å². The average Bonchev–Trinajstić information content (AvgIpc) is 2.51. The second-order valence-corrected chi connectivity index (χ2v) is 7.37. The molecule has 0 spiro atoms. The number of rotatable bonds is 4. The zero-order valence-electron chi connectivity index (χ0n) is 13.7. The quantitative estimate of drug-likeness (QED) is 0.730. The summed E-state index contributed by atoms with van der Waals surface area (Å²) in [5.41, 5.74) is -3.98. The highest BCUT2D eigenvalue weighted by Crippen LogP contribution is 2.36. The maximum Gasteiger partial charge on any atom is 0.416 e. The van der Waals surface area contributed by atoms with Gasteiger partial charge in [-0.25, -0.2) is 13.6 Å². The van der Waals surface area contributed by atoms with E-state index >= 15 is 0 Å². The molecule has 12 heteroatoms. The lowest BCUT2D eigenvalue weighted by Gasteiger charge is -2.14. The Kier molecular flexibility index (Phi) is 5.76. The van der Waals surface area contributed by atoms with Gasteiger partial charge in [0.15, 0.2) is 0 Å². The van der Waals surface area contributed by atoms with Crippen molar-refractivity contribution in [3.05, 3.63) is 64.7 Å². The minimum absolute atomic E-state index is 0.0304. The van der Waals surface area contributed by atoms with E-state index < -0.39 is 50.7 Å². The van der Waals surface area contributed by atoms with Gasteiger partial charge in [0.1, 0.15) is 0 Å². The van der Waals surface area contributed by atoms with Crippen LogP contribution >= 0.6 is 0 Å². The Labute approximate surface area is 155 Å². The molecule has 0 aliphatic heterocycles. The lowest BCUT2D eigenvalue weighted by atomic mass is 10.0. The summed E-state index contributed by atoms with van der Waals surface area (Å²) in [5, 5.41) is 7.03. The van der Waals surface area contributed by atoms with Crippen LogP contribution in [0.4, 0.5) is 32.0 Å². The fraction of sp³-hybridized carbons (Fsp3) is 0.188. The zero-order valence-corrected chi connectivity index (χ0v) is 14.5. The SMILES string of the molecule is NS(=O)(=O)Cc1cccc(NC(=O)c2cc(C(F)(F)F)cc(C(F)(F)F)c2)c1. The molecule has 2 rings (SSSR count). The van der Waals surface area contributed by atoms with Crippen LogP contribution in [0.25, 0.3) is 0 Å². The predicted molar refractivity (Wildman–Crippen MR) is 87.7 cm³/mol. The number of hydrogen-bond acceptors (Lipinski definition) is 3. The van der Waals surface area contributed by atoms with Crippen LogP contribution < -0.4 is 10.5 Å². The Morgan fingerprint density at radius 2 is 1.46 bits per heavy atom. The Morgan fingerprint density at radius 3 is 1.93 bits per heavy atom. The molecule has 2 aromatic rings. The highest BCUT2D eigenvalue weighted by atomic mass is 32.2. The van der Waals surface area contributed by atoms with Gasteiger partial charge in [0.25, 0.3) is 5.91 Å². The third-order valence-corrected chi connectivity index (χ3v) is 4.14. The van der Waals surface area contributed by atoms with Crippen LogP contribution in [0.1, 0.15) is 27.0 Å². The molecule has 0 saturated heterocycles. The van der Waals surface area contributed by atoms with E-state index in [0.717, 1.165) is 0 Å².